The highest BCUT2D eigenvalue weighted by atomic mass is 32.1. The molecule has 6 nitrogen and oxygen atoms in total. The van der Waals surface area contributed by atoms with Gasteiger partial charge in [0.25, 0.3) is 5.91 Å². The largest absolute Gasteiger partial charge is 0.338 e. The van der Waals surface area contributed by atoms with Crippen LogP contribution >= 0.6 is 11.3 Å². The Morgan fingerprint density at radius 1 is 1.28 bits per heavy atom. The van der Waals surface area contributed by atoms with E-state index in [0.717, 1.165) is 4.88 Å². The molecule has 7 heteroatoms. The van der Waals surface area contributed by atoms with Gasteiger partial charge < -0.3 is 9.80 Å². The lowest BCUT2D eigenvalue weighted by Gasteiger charge is -2.36. The van der Waals surface area contributed by atoms with Crippen LogP contribution in [0.3, 0.4) is 0 Å². The van der Waals surface area contributed by atoms with Crippen LogP contribution in [0.5, 0.6) is 0 Å². The molecule has 2 fully saturated rings. The molecule has 1 atom stereocenters. The number of hydrogen-bond donors (Lipinski definition) is 0. The quantitative estimate of drug-likeness (QED) is 0.771. The first-order valence-electron chi connectivity index (χ1n) is 8.68. The van der Waals surface area contributed by atoms with Gasteiger partial charge in [0.1, 0.15) is 6.04 Å². The van der Waals surface area contributed by atoms with Crippen molar-refractivity contribution in [3.63, 3.8) is 0 Å². The number of carbonyl (C=O) groups excluding carboxylic acids is 3. The van der Waals surface area contributed by atoms with Crippen molar-refractivity contribution in [1.82, 2.24) is 14.7 Å². The Hall–Kier alpha value is -1.89. The highest BCUT2D eigenvalue weighted by molar-refractivity contribution is 7.09. The van der Waals surface area contributed by atoms with Crippen molar-refractivity contribution in [3.8, 4) is 0 Å². The maximum atomic E-state index is 12.7. The number of urea groups is 1. The molecule has 0 N–H and O–H groups in total. The number of amides is 4. The lowest BCUT2D eigenvalue weighted by Crippen LogP contribution is -2.55. The summed E-state index contributed by atoms with van der Waals surface area (Å²) in [5.41, 5.74) is -0.0868. The number of hydrogen-bond acceptors (Lipinski definition) is 4. The molecule has 136 valence electrons. The van der Waals surface area contributed by atoms with E-state index < -0.39 is 6.04 Å². The van der Waals surface area contributed by atoms with Gasteiger partial charge in [0.15, 0.2) is 0 Å². The second-order valence-corrected chi connectivity index (χ2v) is 8.92. The molecule has 1 aromatic heterocycles. The summed E-state index contributed by atoms with van der Waals surface area (Å²) < 4.78 is 0. The second kappa shape index (κ2) is 6.78. The van der Waals surface area contributed by atoms with Gasteiger partial charge in [-0.25, -0.2) is 4.79 Å². The smallest absolute Gasteiger partial charge is 0.327 e. The molecular formula is C18H25N3O3S. The van der Waals surface area contributed by atoms with Gasteiger partial charge >= 0.3 is 6.03 Å². The van der Waals surface area contributed by atoms with Crippen molar-refractivity contribution in [2.75, 3.05) is 26.2 Å². The van der Waals surface area contributed by atoms with Gasteiger partial charge in [-0.15, -0.1) is 11.3 Å². The maximum Gasteiger partial charge on any atom is 0.327 e. The van der Waals surface area contributed by atoms with Crippen LogP contribution in [-0.4, -0.2) is 64.8 Å². The minimum absolute atomic E-state index is 0.0597. The Balaban J connectivity index is 1.63. The molecular weight excluding hydrogens is 338 g/mol. The minimum Gasteiger partial charge on any atom is -0.338 e. The van der Waals surface area contributed by atoms with Gasteiger partial charge in [-0.2, -0.15) is 0 Å². The fourth-order valence-corrected chi connectivity index (χ4v) is 4.03. The summed E-state index contributed by atoms with van der Waals surface area (Å²) in [6, 6.07) is 3.24. The molecule has 0 aromatic carbocycles. The Bertz CT molecular complexity index is 666. The predicted molar refractivity (Wildman–Crippen MR) is 96.3 cm³/mol. The molecule has 4 amide bonds. The first-order chi connectivity index (χ1) is 11.8. The summed E-state index contributed by atoms with van der Waals surface area (Å²) in [5.74, 6) is -0.112. The van der Waals surface area contributed by atoms with E-state index in [4.69, 9.17) is 0 Å². The average molecular weight is 363 g/mol. The van der Waals surface area contributed by atoms with E-state index in [1.165, 1.54) is 4.90 Å². The zero-order valence-electron chi connectivity index (χ0n) is 15.0. The van der Waals surface area contributed by atoms with Gasteiger partial charge in [-0.3, -0.25) is 14.5 Å². The van der Waals surface area contributed by atoms with E-state index in [1.807, 2.05) is 38.3 Å². The minimum atomic E-state index is -0.520. The number of imide groups is 1. The Labute approximate surface area is 152 Å². The molecule has 2 aliphatic heterocycles. The van der Waals surface area contributed by atoms with Crippen LogP contribution in [0.25, 0.3) is 0 Å². The van der Waals surface area contributed by atoms with Gasteiger partial charge in [0.05, 0.1) is 6.54 Å². The molecule has 0 unspecified atom stereocenters. The first-order valence-corrected chi connectivity index (χ1v) is 9.56. The molecule has 0 saturated carbocycles. The lowest BCUT2D eigenvalue weighted by atomic mass is 9.91. The number of rotatable bonds is 4. The van der Waals surface area contributed by atoms with Crippen molar-refractivity contribution in [2.24, 2.45) is 5.41 Å². The molecule has 0 bridgehead atoms. The number of carbonyl (C=O) groups is 3. The maximum absolute atomic E-state index is 12.7. The summed E-state index contributed by atoms with van der Waals surface area (Å²) in [4.78, 5) is 43.6. The van der Waals surface area contributed by atoms with E-state index in [-0.39, 0.29) is 23.3 Å². The first kappa shape index (κ1) is 17.9. The number of nitrogens with zero attached hydrogens (tertiary/aromatic N) is 3. The zero-order valence-corrected chi connectivity index (χ0v) is 15.8. The van der Waals surface area contributed by atoms with E-state index in [0.29, 0.717) is 39.0 Å². The fourth-order valence-electron chi connectivity index (χ4n) is 3.33. The summed E-state index contributed by atoms with van der Waals surface area (Å²) in [7, 11) is 0. The molecule has 25 heavy (non-hydrogen) atoms. The van der Waals surface area contributed by atoms with Crippen molar-refractivity contribution >= 4 is 29.2 Å². The Kier molecular flexibility index (Phi) is 4.86. The number of fused-ring (bicyclic) bond motifs is 1. The summed E-state index contributed by atoms with van der Waals surface area (Å²) in [5, 5.41) is 1.99. The molecule has 0 spiro atoms. The topological polar surface area (TPSA) is 60.9 Å². The summed E-state index contributed by atoms with van der Waals surface area (Å²) >= 11 is 1.63. The highest BCUT2D eigenvalue weighted by Crippen LogP contribution is 2.25. The van der Waals surface area contributed by atoms with Crippen LogP contribution in [0, 0.1) is 5.41 Å². The molecule has 3 rings (SSSR count). The molecule has 2 aliphatic rings. The Morgan fingerprint density at radius 2 is 2.04 bits per heavy atom. The molecule has 0 aliphatic carbocycles. The van der Waals surface area contributed by atoms with E-state index in [9.17, 15) is 14.4 Å². The molecule has 3 heterocycles. The van der Waals surface area contributed by atoms with Crippen LogP contribution in [0.4, 0.5) is 4.79 Å². The predicted octanol–water partition coefficient (Wildman–Crippen LogP) is 2.20. The molecule has 2 saturated heterocycles. The van der Waals surface area contributed by atoms with Crippen molar-refractivity contribution < 1.29 is 14.4 Å². The second-order valence-electron chi connectivity index (χ2n) is 7.89. The van der Waals surface area contributed by atoms with Gasteiger partial charge in [0.2, 0.25) is 5.91 Å². The van der Waals surface area contributed by atoms with Gasteiger partial charge in [0, 0.05) is 30.9 Å². The van der Waals surface area contributed by atoms with Crippen LogP contribution < -0.4 is 0 Å². The third-order valence-electron chi connectivity index (χ3n) is 4.60. The standard InChI is InChI=1S/C18H25N3O3S/c1-18(2,3)11-15(22)19-8-9-20-14(12-19)16(23)21(17(20)24)7-6-13-5-4-10-25-13/h4-5,10,14H,6-9,11-12H2,1-3H3/t14-/m1/s1. The van der Waals surface area contributed by atoms with Crippen LogP contribution in [-0.2, 0) is 16.0 Å². The fraction of sp³-hybridized carbons (Fsp3) is 0.611. The number of thiophene rings is 1. The van der Waals surface area contributed by atoms with Crippen LogP contribution in [0.2, 0.25) is 0 Å². The molecule has 0 radical (unpaired) electrons. The van der Waals surface area contributed by atoms with Crippen molar-refractivity contribution in [3.05, 3.63) is 22.4 Å². The third-order valence-corrected chi connectivity index (χ3v) is 5.54. The van der Waals surface area contributed by atoms with E-state index in [1.54, 1.807) is 21.1 Å². The monoisotopic (exact) mass is 363 g/mol. The van der Waals surface area contributed by atoms with Crippen LogP contribution in [0.15, 0.2) is 17.5 Å². The SMILES string of the molecule is CC(C)(C)CC(=O)N1CCN2C(=O)N(CCc3cccs3)C(=O)[C@H]2C1. The average Bonchev–Trinajstić information content (AvgIpc) is 3.12. The highest BCUT2D eigenvalue weighted by Gasteiger charge is 2.48. The third kappa shape index (κ3) is 3.86. The summed E-state index contributed by atoms with van der Waals surface area (Å²) in [6.07, 6.45) is 1.13. The van der Waals surface area contributed by atoms with E-state index >= 15 is 0 Å². The van der Waals surface area contributed by atoms with Crippen molar-refractivity contribution in [2.45, 2.75) is 39.7 Å². The summed E-state index contributed by atoms with van der Waals surface area (Å²) in [6.45, 7) is 7.73. The van der Waals surface area contributed by atoms with Crippen LogP contribution in [0.1, 0.15) is 32.1 Å². The number of piperazine rings is 1. The molecule has 1 aromatic rings. The van der Waals surface area contributed by atoms with Crippen molar-refractivity contribution in [1.29, 1.82) is 0 Å². The van der Waals surface area contributed by atoms with Gasteiger partial charge in [-0.05, 0) is 23.3 Å². The normalized spacial score (nSPS) is 21.1. The lowest BCUT2D eigenvalue weighted by molar-refractivity contribution is -0.137. The van der Waals surface area contributed by atoms with Gasteiger partial charge in [-0.1, -0.05) is 26.8 Å². The zero-order chi connectivity index (χ0) is 18.2. The van der Waals surface area contributed by atoms with E-state index in [2.05, 4.69) is 0 Å². The Morgan fingerprint density at radius 3 is 2.68 bits per heavy atom.